The van der Waals surface area contributed by atoms with E-state index in [1.165, 1.54) is 5.56 Å². The fraction of sp³-hybridized carbons (Fsp3) is 0.261. The van der Waals surface area contributed by atoms with Crippen molar-refractivity contribution in [2.75, 3.05) is 5.32 Å². The van der Waals surface area contributed by atoms with E-state index in [1.54, 1.807) is 4.68 Å². The summed E-state index contributed by atoms with van der Waals surface area (Å²) in [5, 5.41) is 7.56. The van der Waals surface area contributed by atoms with Crippen LogP contribution in [0, 0.1) is 13.8 Å². The molecular formula is C23H23N3O2. The zero-order valence-electron chi connectivity index (χ0n) is 16.3. The van der Waals surface area contributed by atoms with Crippen LogP contribution in [0.4, 0.5) is 5.82 Å². The number of ketones is 1. The van der Waals surface area contributed by atoms with Crippen LogP contribution in [0.5, 0.6) is 0 Å². The molecular weight excluding hydrogens is 350 g/mol. The number of hydrogen-bond donors (Lipinski definition) is 1. The van der Waals surface area contributed by atoms with Crippen LogP contribution in [0.2, 0.25) is 0 Å². The third-order valence-corrected chi connectivity index (χ3v) is 5.34. The third-order valence-electron chi connectivity index (χ3n) is 5.34. The Labute approximate surface area is 164 Å². The smallest absolute Gasteiger partial charge is 0.226 e. The number of anilines is 1. The predicted octanol–water partition coefficient (Wildman–Crippen LogP) is 4.36. The maximum atomic E-state index is 13.2. The molecule has 5 heteroatoms. The predicted molar refractivity (Wildman–Crippen MR) is 109 cm³/mol. The van der Waals surface area contributed by atoms with Gasteiger partial charge in [-0.2, -0.15) is 5.10 Å². The minimum atomic E-state index is -0.518. The van der Waals surface area contributed by atoms with Crippen molar-refractivity contribution < 1.29 is 9.59 Å². The summed E-state index contributed by atoms with van der Waals surface area (Å²) < 4.78 is 1.72. The number of benzene rings is 2. The van der Waals surface area contributed by atoms with Gasteiger partial charge in [0.25, 0.3) is 0 Å². The molecule has 0 aliphatic carbocycles. The van der Waals surface area contributed by atoms with Crippen molar-refractivity contribution in [2.45, 2.75) is 39.5 Å². The molecule has 0 unspecified atom stereocenters. The van der Waals surface area contributed by atoms with Crippen LogP contribution in [0.3, 0.4) is 0 Å². The largest absolute Gasteiger partial charge is 0.310 e. The van der Waals surface area contributed by atoms with Gasteiger partial charge in [-0.3, -0.25) is 9.59 Å². The Morgan fingerprint density at radius 3 is 2.43 bits per heavy atom. The Hall–Kier alpha value is -3.21. The van der Waals surface area contributed by atoms with Gasteiger partial charge < -0.3 is 5.32 Å². The number of Topliss-reactive ketones (excluding diaryl/α,β-unsaturated/α-hetero) is 1. The van der Waals surface area contributed by atoms with E-state index in [0.717, 1.165) is 28.9 Å². The molecule has 28 heavy (non-hydrogen) atoms. The van der Waals surface area contributed by atoms with Gasteiger partial charge in [0.15, 0.2) is 5.78 Å². The summed E-state index contributed by atoms with van der Waals surface area (Å²) >= 11 is 0. The van der Waals surface area contributed by atoms with Crippen LogP contribution in [-0.4, -0.2) is 21.5 Å². The Morgan fingerprint density at radius 2 is 1.79 bits per heavy atom. The molecule has 142 valence electrons. The fourth-order valence-electron chi connectivity index (χ4n) is 3.75. The number of carbonyl (C=O) groups excluding carboxylic acids is 2. The van der Waals surface area contributed by atoms with Crippen LogP contribution in [0.1, 0.15) is 52.0 Å². The number of carbonyl (C=O) groups is 2. The van der Waals surface area contributed by atoms with Crippen LogP contribution in [0.25, 0.3) is 5.69 Å². The summed E-state index contributed by atoms with van der Waals surface area (Å²) in [6.45, 7) is 5.99. The summed E-state index contributed by atoms with van der Waals surface area (Å²) in [5.74, 6) is -0.119. The summed E-state index contributed by atoms with van der Waals surface area (Å²) in [7, 11) is 0. The van der Waals surface area contributed by atoms with Crippen molar-refractivity contribution in [3.63, 3.8) is 0 Å². The normalized spacial score (nSPS) is 15.8. The summed E-state index contributed by atoms with van der Waals surface area (Å²) in [6, 6.07) is 15.6. The Bertz CT molecular complexity index is 1050. The van der Waals surface area contributed by atoms with E-state index in [9.17, 15) is 9.59 Å². The van der Waals surface area contributed by atoms with Crippen molar-refractivity contribution in [1.82, 2.24) is 9.78 Å². The van der Waals surface area contributed by atoms with Gasteiger partial charge in [0, 0.05) is 17.5 Å². The molecule has 0 fully saturated rings. The van der Waals surface area contributed by atoms with E-state index in [-0.39, 0.29) is 18.1 Å². The van der Waals surface area contributed by atoms with E-state index < -0.39 is 5.92 Å². The molecule has 2 aromatic carbocycles. The number of hydrogen-bond acceptors (Lipinski definition) is 3. The van der Waals surface area contributed by atoms with E-state index >= 15 is 0 Å². The average Bonchev–Trinajstić information content (AvgIpc) is 3.03. The molecule has 3 aromatic rings. The van der Waals surface area contributed by atoms with E-state index in [4.69, 9.17) is 0 Å². The van der Waals surface area contributed by atoms with Gasteiger partial charge in [0.1, 0.15) is 5.82 Å². The molecule has 0 saturated carbocycles. The Balaban J connectivity index is 1.77. The van der Waals surface area contributed by atoms with E-state index in [1.807, 2.05) is 62.4 Å². The van der Waals surface area contributed by atoms with Crippen LogP contribution in [0.15, 0.2) is 48.5 Å². The molecule has 5 nitrogen and oxygen atoms in total. The standard InChI is InChI=1S/C23H23N3O2/c1-4-16-7-9-17(10-8-16)22(28)19-13-20(27)24-23-21(19)15(3)25-26(23)18-11-5-14(2)6-12-18/h5-12,19H,4,13H2,1-3H3,(H,24,27)/t19-/m0/s1. The second kappa shape index (κ2) is 7.08. The first-order valence-electron chi connectivity index (χ1n) is 9.57. The second-order valence-corrected chi connectivity index (χ2v) is 7.31. The topological polar surface area (TPSA) is 64.0 Å². The number of fused-ring (bicyclic) bond motifs is 1. The molecule has 1 amide bonds. The number of nitrogens with one attached hydrogen (secondary N) is 1. The average molecular weight is 373 g/mol. The monoisotopic (exact) mass is 373 g/mol. The van der Waals surface area contributed by atoms with Gasteiger partial charge in [-0.1, -0.05) is 48.9 Å². The van der Waals surface area contributed by atoms with Crippen LogP contribution < -0.4 is 5.32 Å². The zero-order chi connectivity index (χ0) is 19.8. The highest BCUT2D eigenvalue weighted by atomic mass is 16.2. The Kier molecular flexibility index (Phi) is 4.59. The fourth-order valence-corrected chi connectivity index (χ4v) is 3.75. The van der Waals surface area contributed by atoms with Crippen molar-refractivity contribution in [2.24, 2.45) is 0 Å². The summed E-state index contributed by atoms with van der Waals surface area (Å²) in [4.78, 5) is 25.6. The molecule has 1 aliphatic rings. The molecule has 0 radical (unpaired) electrons. The molecule has 4 rings (SSSR count). The van der Waals surface area contributed by atoms with Crippen molar-refractivity contribution in [3.05, 3.63) is 76.5 Å². The molecule has 0 spiro atoms. The minimum absolute atomic E-state index is 0.0368. The first kappa shape index (κ1) is 18.2. The van der Waals surface area contributed by atoms with Gasteiger partial charge in [0.05, 0.1) is 17.3 Å². The number of aryl methyl sites for hydroxylation is 3. The van der Waals surface area contributed by atoms with Gasteiger partial charge in [0.2, 0.25) is 5.91 Å². The summed E-state index contributed by atoms with van der Waals surface area (Å²) in [6.07, 6.45) is 1.06. The molecule has 1 N–H and O–H groups in total. The molecule has 0 bridgehead atoms. The second-order valence-electron chi connectivity index (χ2n) is 7.31. The number of rotatable bonds is 4. The molecule has 2 heterocycles. The third kappa shape index (κ3) is 3.13. The highest BCUT2D eigenvalue weighted by Gasteiger charge is 2.36. The highest BCUT2D eigenvalue weighted by molar-refractivity contribution is 6.08. The Morgan fingerprint density at radius 1 is 1.11 bits per heavy atom. The zero-order valence-corrected chi connectivity index (χ0v) is 16.3. The maximum absolute atomic E-state index is 13.2. The first-order chi connectivity index (χ1) is 13.5. The molecule has 1 atom stereocenters. The van der Waals surface area contributed by atoms with Gasteiger partial charge in [-0.15, -0.1) is 0 Å². The number of amides is 1. The SMILES string of the molecule is CCc1ccc(C(=O)[C@H]2CC(=O)Nc3c2c(C)nn3-c2ccc(C)cc2)cc1. The molecule has 0 saturated heterocycles. The number of nitrogens with zero attached hydrogens (tertiary/aromatic N) is 2. The van der Waals surface area contributed by atoms with E-state index in [2.05, 4.69) is 17.3 Å². The van der Waals surface area contributed by atoms with E-state index in [0.29, 0.717) is 11.4 Å². The van der Waals surface area contributed by atoms with Crippen molar-refractivity contribution in [3.8, 4) is 5.69 Å². The lowest BCUT2D eigenvalue weighted by molar-refractivity contribution is -0.116. The maximum Gasteiger partial charge on any atom is 0.226 e. The molecule has 1 aliphatic heterocycles. The first-order valence-corrected chi connectivity index (χ1v) is 9.57. The van der Waals surface area contributed by atoms with Crippen molar-refractivity contribution >= 4 is 17.5 Å². The van der Waals surface area contributed by atoms with Gasteiger partial charge in [-0.25, -0.2) is 4.68 Å². The van der Waals surface area contributed by atoms with Crippen LogP contribution in [-0.2, 0) is 11.2 Å². The highest BCUT2D eigenvalue weighted by Crippen LogP contribution is 2.38. The lowest BCUT2D eigenvalue weighted by Crippen LogP contribution is -2.28. The minimum Gasteiger partial charge on any atom is -0.310 e. The van der Waals surface area contributed by atoms with Gasteiger partial charge in [-0.05, 0) is 38.0 Å². The quantitative estimate of drug-likeness (QED) is 0.691. The van der Waals surface area contributed by atoms with Crippen LogP contribution >= 0.6 is 0 Å². The number of aromatic nitrogens is 2. The lowest BCUT2D eigenvalue weighted by Gasteiger charge is -2.23. The molecule has 1 aromatic heterocycles. The summed E-state index contributed by atoms with van der Waals surface area (Å²) in [5.41, 5.74) is 5.39. The van der Waals surface area contributed by atoms with Crippen molar-refractivity contribution in [1.29, 1.82) is 0 Å². The van der Waals surface area contributed by atoms with Gasteiger partial charge >= 0.3 is 0 Å². The lowest BCUT2D eigenvalue weighted by atomic mass is 9.85.